The van der Waals surface area contributed by atoms with Crippen LogP contribution in [0.3, 0.4) is 0 Å². The van der Waals surface area contributed by atoms with E-state index in [4.69, 9.17) is 11.6 Å². The topological polar surface area (TPSA) is 78.5 Å². The summed E-state index contributed by atoms with van der Waals surface area (Å²) in [4.78, 5) is 38.4. The van der Waals surface area contributed by atoms with Crippen molar-refractivity contribution in [2.45, 2.75) is 19.4 Å². The van der Waals surface area contributed by atoms with E-state index in [9.17, 15) is 14.4 Å². The first-order valence-electron chi connectivity index (χ1n) is 8.17. The highest BCUT2D eigenvalue weighted by Crippen LogP contribution is 2.30. The zero-order chi connectivity index (χ0) is 19.8. The van der Waals surface area contributed by atoms with E-state index in [1.165, 1.54) is 0 Å². The monoisotopic (exact) mass is 449 g/mol. The minimum Gasteiger partial charge on any atom is -0.323 e. The molecule has 1 aliphatic heterocycles. The maximum atomic E-state index is 12.8. The van der Waals surface area contributed by atoms with Crippen LogP contribution in [0.1, 0.15) is 18.1 Å². The van der Waals surface area contributed by atoms with Gasteiger partial charge in [0.15, 0.2) is 0 Å². The molecular formula is C19H17BrClN3O3. The van der Waals surface area contributed by atoms with Gasteiger partial charge in [0.25, 0.3) is 5.91 Å². The van der Waals surface area contributed by atoms with Crippen molar-refractivity contribution in [3.8, 4) is 0 Å². The van der Waals surface area contributed by atoms with Gasteiger partial charge in [-0.1, -0.05) is 29.8 Å². The summed E-state index contributed by atoms with van der Waals surface area (Å²) in [6.07, 6.45) is 0. The van der Waals surface area contributed by atoms with Crippen molar-refractivity contribution in [3.63, 3.8) is 0 Å². The Morgan fingerprint density at radius 2 is 1.89 bits per heavy atom. The molecule has 0 aromatic heterocycles. The number of benzene rings is 2. The number of imide groups is 1. The maximum Gasteiger partial charge on any atom is 0.325 e. The second-order valence-electron chi connectivity index (χ2n) is 6.48. The lowest BCUT2D eigenvalue weighted by atomic mass is 9.92. The quantitative estimate of drug-likeness (QED) is 0.695. The molecule has 0 radical (unpaired) electrons. The maximum absolute atomic E-state index is 12.8. The number of hydrogen-bond acceptors (Lipinski definition) is 3. The molecule has 2 N–H and O–H groups in total. The van der Waals surface area contributed by atoms with Crippen LogP contribution in [0.2, 0.25) is 5.02 Å². The molecule has 8 heteroatoms. The number of carbonyl (C=O) groups is 3. The second-order valence-corrected chi connectivity index (χ2v) is 7.78. The molecule has 4 amide bonds. The van der Waals surface area contributed by atoms with Crippen LogP contribution in [0.15, 0.2) is 46.9 Å². The summed E-state index contributed by atoms with van der Waals surface area (Å²) >= 11 is 9.27. The number of halogens is 2. The van der Waals surface area contributed by atoms with Gasteiger partial charge in [0.1, 0.15) is 12.1 Å². The molecule has 0 spiro atoms. The molecule has 1 aliphatic rings. The highest BCUT2D eigenvalue weighted by molar-refractivity contribution is 9.10. The van der Waals surface area contributed by atoms with Crippen molar-refractivity contribution < 1.29 is 14.4 Å². The lowest BCUT2D eigenvalue weighted by Crippen LogP contribution is -2.42. The van der Waals surface area contributed by atoms with Gasteiger partial charge < -0.3 is 10.6 Å². The van der Waals surface area contributed by atoms with Crippen LogP contribution in [0.4, 0.5) is 10.5 Å². The van der Waals surface area contributed by atoms with Crippen LogP contribution in [0.25, 0.3) is 0 Å². The van der Waals surface area contributed by atoms with E-state index >= 15 is 0 Å². The van der Waals surface area contributed by atoms with Crippen molar-refractivity contribution in [2.24, 2.45) is 0 Å². The Kier molecular flexibility index (Phi) is 5.26. The average molecular weight is 451 g/mol. The van der Waals surface area contributed by atoms with Crippen molar-refractivity contribution in [2.75, 3.05) is 11.9 Å². The average Bonchev–Trinajstić information content (AvgIpc) is 2.82. The molecule has 2 aromatic carbocycles. The second kappa shape index (κ2) is 7.32. The van der Waals surface area contributed by atoms with Crippen LogP contribution in [0.5, 0.6) is 0 Å². The van der Waals surface area contributed by atoms with Crippen LogP contribution in [-0.2, 0) is 15.1 Å². The standard InChI is InChI=1S/C19H17BrClN3O3/c1-11-3-8-15(14(20)9-11)22-16(25)10-24-17(26)19(2,23-18(24)27)12-4-6-13(21)7-5-12/h3-9H,10H2,1-2H3,(H,22,25)(H,23,27)/t19-/m1/s1. The van der Waals surface area contributed by atoms with E-state index in [1.54, 1.807) is 37.3 Å². The molecule has 140 valence electrons. The summed E-state index contributed by atoms with van der Waals surface area (Å²) in [5.41, 5.74) is 0.951. The first-order chi connectivity index (χ1) is 12.7. The van der Waals surface area contributed by atoms with Crippen LogP contribution >= 0.6 is 27.5 Å². The SMILES string of the molecule is Cc1ccc(NC(=O)CN2C(=O)N[C@](C)(c3ccc(Cl)cc3)C2=O)c(Br)c1. The smallest absolute Gasteiger partial charge is 0.323 e. The van der Waals surface area contributed by atoms with Crippen molar-refractivity contribution >= 4 is 51.1 Å². The van der Waals surface area contributed by atoms with Crippen molar-refractivity contribution in [1.82, 2.24) is 10.2 Å². The van der Waals surface area contributed by atoms with Gasteiger partial charge in [-0.05, 0) is 65.2 Å². The van der Waals surface area contributed by atoms with Gasteiger partial charge in [-0.15, -0.1) is 0 Å². The first kappa shape index (κ1) is 19.4. The lowest BCUT2D eigenvalue weighted by molar-refractivity contribution is -0.133. The Bertz CT molecular complexity index is 932. The fraction of sp³-hybridized carbons (Fsp3) is 0.211. The number of amides is 4. The van der Waals surface area contributed by atoms with E-state index in [1.807, 2.05) is 19.1 Å². The predicted octanol–water partition coefficient (Wildman–Crippen LogP) is 3.82. The Labute approximate surface area is 170 Å². The van der Waals surface area contributed by atoms with Crippen molar-refractivity contribution in [1.29, 1.82) is 0 Å². The molecule has 1 heterocycles. The molecule has 0 bridgehead atoms. The molecule has 6 nitrogen and oxygen atoms in total. The highest BCUT2D eigenvalue weighted by Gasteiger charge is 2.49. The van der Waals surface area contributed by atoms with E-state index in [-0.39, 0.29) is 6.54 Å². The number of nitrogens with one attached hydrogen (secondary N) is 2. The minimum atomic E-state index is -1.24. The van der Waals surface area contributed by atoms with Gasteiger partial charge >= 0.3 is 6.03 Å². The predicted molar refractivity (Wildman–Crippen MR) is 107 cm³/mol. The first-order valence-corrected chi connectivity index (χ1v) is 9.34. The highest BCUT2D eigenvalue weighted by atomic mass is 79.9. The third-order valence-electron chi connectivity index (χ3n) is 4.40. The van der Waals surface area contributed by atoms with Crippen LogP contribution < -0.4 is 10.6 Å². The fourth-order valence-corrected chi connectivity index (χ4v) is 3.59. The molecule has 2 aromatic rings. The molecule has 3 rings (SSSR count). The molecule has 1 atom stereocenters. The van der Waals surface area contributed by atoms with Gasteiger partial charge in [0.05, 0.1) is 5.69 Å². The number of aryl methyl sites for hydroxylation is 1. The minimum absolute atomic E-state index is 0.381. The molecule has 0 saturated carbocycles. The van der Waals surface area contributed by atoms with Gasteiger partial charge in [0, 0.05) is 9.50 Å². The van der Waals surface area contributed by atoms with Crippen LogP contribution in [-0.4, -0.2) is 29.3 Å². The van der Waals surface area contributed by atoms with Gasteiger partial charge in [0.2, 0.25) is 5.91 Å². The summed E-state index contributed by atoms with van der Waals surface area (Å²) in [7, 11) is 0. The number of nitrogens with zero attached hydrogens (tertiary/aromatic N) is 1. The van der Waals surface area contributed by atoms with Crippen LogP contribution in [0, 0.1) is 6.92 Å². The Morgan fingerprint density at radius 1 is 1.22 bits per heavy atom. The lowest BCUT2D eigenvalue weighted by Gasteiger charge is -2.22. The third kappa shape index (κ3) is 3.84. The number of anilines is 1. The van der Waals surface area contributed by atoms with E-state index in [0.29, 0.717) is 16.3 Å². The molecule has 1 saturated heterocycles. The normalized spacial score (nSPS) is 19.2. The summed E-state index contributed by atoms with van der Waals surface area (Å²) in [5, 5.41) is 5.89. The molecule has 0 aliphatic carbocycles. The number of urea groups is 1. The zero-order valence-electron chi connectivity index (χ0n) is 14.7. The Balaban J connectivity index is 1.75. The molecule has 27 heavy (non-hydrogen) atoms. The number of hydrogen-bond donors (Lipinski definition) is 2. The molecular weight excluding hydrogens is 434 g/mol. The number of rotatable bonds is 4. The van der Waals surface area contributed by atoms with Gasteiger partial charge in [-0.3, -0.25) is 14.5 Å². The third-order valence-corrected chi connectivity index (χ3v) is 5.30. The van der Waals surface area contributed by atoms with E-state index in [0.717, 1.165) is 14.9 Å². The number of carbonyl (C=O) groups excluding carboxylic acids is 3. The molecule has 0 unspecified atom stereocenters. The van der Waals surface area contributed by atoms with E-state index in [2.05, 4.69) is 26.6 Å². The summed E-state index contributed by atoms with van der Waals surface area (Å²) in [6, 6.07) is 11.5. The summed E-state index contributed by atoms with van der Waals surface area (Å²) in [5.74, 6) is -0.962. The van der Waals surface area contributed by atoms with Crippen molar-refractivity contribution in [3.05, 3.63) is 63.1 Å². The Hall–Kier alpha value is -2.38. The van der Waals surface area contributed by atoms with Gasteiger partial charge in [-0.25, -0.2) is 4.79 Å². The fourth-order valence-electron chi connectivity index (χ4n) is 2.87. The largest absolute Gasteiger partial charge is 0.325 e. The molecule has 1 fully saturated rings. The van der Waals surface area contributed by atoms with Gasteiger partial charge in [-0.2, -0.15) is 0 Å². The summed E-state index contributed by atoms with van der Waals surface area (Å²) < 4.78 is 0.721. The Morgan fingerprint density at radius 3 is 2.52 bits per heavy atom. The zero-order valence-corrected chi connectivity index (χ0v) is 17.0. The van der Waals surface area contributed by atoms with E-state index < -0.39 is 23.4 Å². The summed E-state index contributed by atoms with van der Waals surface area (Å²) in [6.45, 7) is 3.15.